The Morgan fingerprint density at radius 1 is 0.892 bits per heavy atom. The van der Waals surface area contributed by atoms with Gasteiger partial charge in [-0.1, -0.05) is 77.2 Å². The predicted molar refractivity (Wildman–Crippen MR) is 246 cm³/mol. The van der Waals surface area contributed by atoms with Crippen molar-refractivity contribution in [1.29, 1.82) is 0 Å². The van der Waals surface area contributed by atoms with Gasteiger partial charge < -0.3 is 49.0 Å². The number of esters is 1. The number of Topliss-reactive ketones (excluding diaryl/α,β-unsaturated/α-hetero) is 1. The van der Waals surface area contributed by atoms with Crippen molar-refractivity contribution in [2.75, 3.05) is 27.9 Å². The van der Waals surface area contributed by atoms with E-state index in [0.29, 0.717) is 63.0 Å². The number of aliphatic hydroxyl groups is 4. The van der Waals surface area contributed by atoms with Crippen LogP contribution in [0.25, 0.3) is 0 Å². The highest BCUT2D eigenvalue weighted by Gasteiger charge is 2.69. The minimum atomic E-state index is -2.86. The maximum atomic E-state index is 13.5. The van der Waals surface area contributed by atoms with Gasteiger partial charge >= 0.3 is 17.7 Å². The number of allylic oxidation sites excluding steroid dienone is 8. The van der Waals surface area contributed by atoms with Crippen molar-refractivity contribution in [2.24, 2.45) is 35.5 Å². The molecule has 0 spiro atoms. The second-order valence-electron chi connectivity index (χ2n) is 19.4. The molecule has 4 fully saturated rings. The van der Waals surface area contributed by atoms with Gasteiger partial charge in [0.2, 0.25) is 5.79 Å². The average molecular weight is 914 g/mol. The van der Waals surface area contributed by atoms with E-state index in [1.165, 1.54) is 12.0 Å². The van der Waals surface area contributed by atoms with Crippen LogP contribution < -0.4 is 0 Å². The number of cyclic esters (lactones) is 1. The van der Waals surface area contributed by atoms with Crippen LogP contribution in [0.5, 0.6) is 0 Å². The fourth-order valence-corrected chi connectivity index (χ4v) is 10.0. The van der Waals surface area contributed by atoms with E-state index in [1.807, 2.05) is 57.2 Å². The summed E-state index contributed by atoms with van der Waals surface area (Å²) in [5.41, 5.74) is 1.36. The van der Waals surface area contributed by atoms with Crippen molar-refractivity contribution in [3.63, 3.8) is 0 Å². The number of ketones is 2. The van der Waals surface area contributed by atoms with Crippen molar-refractivity contribution in [1.82, 2.24) is 4.90 Å². The minimum Gasteiger partial charge on any atom is -0.417 e. The molecule has 14 heteroatoms. The van der Waals surface area contributed by atoms with Crippen LogP contribution in [0.3, 0.4) is 0 Å². The summed E-state index contributed by atoms with van der Waals surface area (Å²) in [7, 11) is 4.60. The number of piperidine rings is 1. The number of hydrogen-bond donors (Lipinski definition) is 4. The number of hydrogen-bond acceptors (Lipinski definition) is 13. The molecule has 1 aliphatic carbocycles. The molecule has 0 aromatic rings. The van der Waals surface area contributed by atoms with Gasteiger partial charge in [-0.25, -0.2) is 4.79 Å². The topological polar surface area (TPSA) is 199 Å². The summed E-state index contributed by atoms with van der Waals surface area (Å²) in [5.74, 6) is -8.22. The first-order valence-electron chi connectivity index (χ1n) is 23.8. The molecule has 1 saturated carbocycles. The van der Waals surface area contributed by atoms with Crippen LogP contribution in [0.4, 0.5) is 0 Å². The number of fused-ring (bicyclic) bond motifs is 1. The zero-order chi connectivity index (χ0) is 48.2. The van der Waals surface area contributed by atoms with Gasteiger partial charge in [-0.2, -0.15) is 0 Å². The van der Waals surface area contributed by atoms with Crippen LogP contribution in [0.15, 0.2) is 59.8 Å². The molecule has 3 heterocycles. The molecule has 1 amide bonds. The number of amides is 1. The molecule has 15 unspecified atom stereocenters. The molecule has 4 aliphatic rings. The Hall–Kier alpha value is -3.34. The van der Waals surface area contributed by atoms with E-state index < -0.39 is 77.8 Å². The highest BCUT2D eigenvalue weighted by Crippen LogP contribution is 2.45. The Balaban J connectivity index is 1.26. The molecule has 4 N–H and O–H groups in total. The van der Waals surface area contributed by atoms with E-state index in [9.17, 15) is 39.6 Å². The number of aliphatic hydroxyl groups excluding tert-OH is 2. The molecule has 366 valence electrons. The third-order valence-corrected chi connectivity index (χ3v) is 14.2. The molecule has 4 rings (SSSR count). The first kappa shape index (κ1) is 54.3. The number of nitrogens with zero attached hydrogens (tertiary/aromatic N) is 1. The maximum absolute atomic E-state index is 13.5. The molecule has 0 aromatic heterocycles. The Labute approximate surface area is 387 Å². The van der Waals surface area contributed by atoms with Crippen molar-refractivity contribution >= 4 is 23.4 Å². The van der Waals surface area contributed by atoms with Gasteiger partial charge in [0.1, 0.15) is 18.2 Å². The van der Waals surface area contributed by atoms with Crippen LogP contribution in [-0.4, -0.2) is 131 Å². The molecule has 65 heavy (non-hydrogen) atoms. The molecule has 3 saturated heterocycles. The highest BCUT2D eigenvalue weighted by molar-refractivity contribution is 5.95. The Bertz CT molecular complexity index is 1770. The molecule has 0 radical (unpaired) electrons. The lowest BCUT2D eigenvalue weighted by Crippen LogP contribution is -2.75. The van der Waals surface area contributed by atoms with Crippen LogP contribution >= 0.6 is 0 Å². The van der Waals surface area contributed by atoms with Gasteiger partial charge in [-0.3, -0.25) is 14.4 Å². The van der Waals surface area contributed by atoms with Crippen molar-refractivity contribution < 1.29 is 63.3 Å². The molecular formula is C51H79NO13. The normalized spacial score (nSPS) is 32.8. The molecular weight excluding hydrogens is 835 g/mol. The molecule has 0 aromatic carbocycles. The lowest BCUT2D eigenvalue weighted by atomic mass is 9.80. The van der Waals surface area contributed by atoms with Crippen LogP contribution in [0.2, 0.25) is 0 Å². The number of carbonyl (C=O) groups is 4. The summed E-state index contributed by atoms with van der Waals surface area (Å²) in [4.78, 5) is 54.3. The monoisotopic (exact) mass is 914 g/mol. The molecule has 3 aliphatic heterocycles. The van der Waals surface area contributed by atoms with E-state index in [-0.39, 0.29) is 29.5 Å². The largest absolute Gasteiger partial charge is 0.417 e. The summed E-state index contributed by atoms with van der Waals surface area (Å²) in [5, 5.41) is 44.7. The first-order valence-corrected chi connectivity index (χ1v) is 23.8. The van der Waals surface area contributed by atoms with Crippen LogP contribution in [-0.2, 0) is 42.9 Å². The summed E-state index contributed by atoms with van der Waals surface area (Å²) in [6.07, 6.45) is 17.9. The van der Waals surface area contributed by atoms with E-state index in [1.54, 1.807) is 47.1 Å². The van der Waals surface area contributed by atoms with Crippen molar-refractivity contribution in [2.45, 2.75) is 173 Å². The van der Waals surface area contributed by atoms with Gasteiger partial charge in [-0.15, -0.1) is 0 Å². The second-order valence-corrected chi connectivity index (χ2v) is 19.4. The van der Waals surface area contributed by atoms with E-state index >= 15 is 0 Å². The standard InChI is InChI=1S/C51H79NO13/c1-31(26-35(5)45(55)47(63-10)46(56)36(6)28-34(4)41(53)23-19-32(2)27-38-21-24-42(54)44(29-38)62-9)16-12-11-13-17-33(3)43(61-8)30-39-22-20-37(7)50(59,64-39)51(60)49(58)52-25-15-14-18-40(52)48(57)65-51/h11-13,16-17,19,23,28,31-32,34-35,37-40,42-44,46-47,54,56,59-60H,14-15,18,20-22,24-27,29-30H2,1-10H3/b13-11+,16-12+,23-19+,33-17+,36-28+. The van der Waals surface area contributed by atoms with Crippen molar-refractivity contribution in [3.8, 4) is 0 Å². The van der Waals surface area contributed by atoms with Gasteiger partial charge in [0.05, 0.1) is 24.4 Å². The number of carbonyl (C=O) groups excluding carboxylic acids is 4. The lowest BCUT2D eigenvalue weighted by molar-refractivity contribution is -0.403. The summed E-state index contributed by atoms with van der Waals surface area (Å²) in [6.45, 7) is 13.2. The Morgan fingerprint density at radius 3 is 2.29 bits per heavy atom. The van der Waals surface area contributed by atoms with E-state index in [4.69, 9.17) is 23.7 Å². The fraction of sp³-hybridized carbons (Fsp3) is 0.725. The number of morpholine rings is 1. The number of ether oxygens (including phenoxy) is 5. The maximum Gasteiger partial charge on any atom is 0.346 e. The summed E-state index contributed by atoms with van der Waals surface area (Å²) < 4.78 is 28.2. The fourth-order valence-electron chi connectivity index (χ4n) is 10.0. The van der Waals surface area contributed by atoms with E-state index in [2.05, 4.69) is 6.92 Å². The van der Waals surface area contributed by atoms with Gasteiger partial charge in [0.25, 0.3) is 0 Å². The van der Waals surface area contributed by atoms with E-state index in [0.717, 1.165) is 31.3 Å². The first-order chi connectivity index (χ1) is 30.7. The lowest BCUT2D eigenvalue weighted by Gasteiger charge is -2.53. The van der Waals surface area contributed by atoms with Crippen LogP contribution in [0, 0.1) is 35.5 Å². The van der Waals surface area contributed by atoms with Crippen molar-refractivity contribution in [3.05, 3.63) is 59.8 Å². The smallest absolute Gasteiger partial charge is 0.346 e. The minimum absolute atomic E-state index is 0.0233. The summed E-state index contributed by atoms with van der Waals surface area (Å²) >= 11 is 0. The Kier molecular flexibility index (Phi) is 20.5. The summed E-state index contributed by atoms with van der Waals surface area (Å²) in [6, 6.07) is -0.773. The highest BCUT2D eigenvalue weighted by atomic mass is 16.7. The van der Waals surface area contributed by atoms with Gasteiger partial charge in [0, 0.05) is 52.0 Å². The second kappa shape index (κ2) is 24.6. The quantitative estimate of drug-likeness (QED) is 0.0421. The average Bonchev–Trinajstić information content (AvgIpc) is 3.28. The molecule has 0 bridgehead atoms. The third kappa shape index (κ3) is 13.6. The van der Waals surface area contributed by atoms with Gasteiger partial charge in [0.15, 0.2) is 11.6 Å². The SMILES string of the molecule is COC(CC1CCC(C)C(O)(C2(O)OC(=O)C3CCCCN3C2=O)O1)/C(C)=C/C=C/C=C/C(C)CC(C)C(=O)C(OC)C(O)/C(C)=C/C(C)C(=O)/C=C/C(C)CC1CCC(O)C(OC)C1. The zero-order valence-electron chi connectivity index (χ0n) is 40.5. The number of rotatable bonds is 22. The molecule has 14 nitrogen and oxygen atoms in total. The third-order valence-electron chi connectivity index (χ3n) is 14.2. The Morgan fingerprint density at radius 2 is 1.62 bits per heavy atom. The van der Waals surface area contributed by atoms with Gasteiger partial charge in [-0.05, 0) is 113 Å². The van der Waals surface area contributed by atoms with Crippen LogP contribution in [0.1, 0.15) is 119 Å². The number of methoxy groups -OCH3 is 3. The molecule has 15 atom stereocenters. The zero-order valence-corrected chi connectivity index (χ0v) is 40.5. The predicted octanol–water partition coefficient (Wildman–Crippen LogP) is 6.10.